The fourth-order valence-electron chi connectivity index (χ4n) is 4.38. The molecule has 0 aliphatic heterocycles. The second-order valence-electron chi connectivity index (χ2n) is 9.60. The fraction of sp³-hybridized carbons (Fsp3) is 0.233. The van der Waals surface area contributed by atoms with Crippen molar-refractivity contribution < 1.29 is 9.21 Å². The van der Waals surface area contributed by atoms with Crippen LogP contribution in [0.25, 0.3) is 16.5 Å². The Kier molecular flexibility index (Phi) is 7.24. The van der Waals surface area contributed by atoms with Crippen molar-refractivity contribution in [1.82, 2.24) is 10.0 Å². The number of anilines is 1. The minimum Gasteiger partial charge on any atom is -0.455 e. The van der Waals surface area contributed by atoms with Crippen LogP contribution >= 0.6 is 11.9 Å². The number of amides is 1. The molecule has 1 heterocycles. The lowest BCUT2D eigenvalue weighted by Gasteiger charge is -2.20. The Hall–Kier alpha value is -4.04. The number of fused-ring (bicyclic) bond motifs is 1. The van der Waals surface area contributed by atoms with Crippen molar-refractivity contribution >= 4 is 45.8 Å². The van der Waals surface area contributed by atoms with E-state index in [1.54, 1.807) is 31.5 Å². The van der Waals surface area contributed by atoms with Gasteiger partial charge in [-0.15, -0.1) is 0 Å². The molecular formula is C30H30N4O3S. The summed E-state index contributed by atoms with van der Waals surface area (Å²) in [6, 6.07) is 12.5. The zero-order valence-corrected chi connectivity index (χ0v) is 22.4. The topological polar surface area (TPSA) is 107 Å². The fourth-order valence-corrected chi connectivity index (χ4v) is 5.14. The lowest BCUT2D eigenvalue weighted by atomic mass is 9.97. The van der Waals surface area contributed by atoms with Gasteiger partial charge in [0.2, 0.25) is 0 Å². The van der Waals surface area contributed by atoms with Crippen molar-refractivity contribution in [1.29, 1.82) is 5.41 Å². The van der Waals surface area contributed by atoms with Gasteiger partial charge in [0, 0.05) is 47.0 Å². The quantitative estimate of drug-likeness (QED) is 0.273. The van der Waals surface area contributed by atoms with Crippen molar-refractivity contribution in [2.45, 2.75) is 38.0 Å². The molecule has 1 fully saturated rings. The Bertz CT molecular complexity index is 1580. The Morgan fingerprint density at radius 1 is 1.18 bits per heavy atom. The molecule has 1 amide bonds. The van der Waals surface area contributed by atoms with Crippen LogP contribution in [-0.2, 0) is 0 Å². The van der Waals surface area contributed by atoms with Gasteiger partial charge in [-0.3, -0.25) is 14.3 Å². The number of aryl methyl sites for hydroxylation is 1. The number of allylic oxidation sites excluding steroid dienone is 5. The number of rotatable bonds is 8. The molecule has 194 valence electrons. The lowest BCUT2D eigenvalue weighted by molar-refractivity contribution is 0.0985. The molecule has 5 rings (SSSR count). The van der Waals surface area contributed by atoms with E-state index in [4.69, 9.17) is 9.83 Å². The van der Waals surface area contributed by atoms with Crippen molar-refractivity contribution in [3.8, 4) is 0 Å². The molecule has 1 unspecified atom stereocenters. The van der Waals surface area contributed by atoms with Crippen LogP contribution in [0.2, 0.25) is 0 Å². The van der Waals surface area contributed by atoms with Gasteiger partial charge in [-0.1, -0.05) is 18.2 Å². The molecule has 3 aromatic rings. The number of nitrogens with one attached hydrogen (secondary N) is 4. The molecule has 38 heavy (non-hydrogen) atoms. The summed E-state index contributed by atoms with van der Waals surface area (Å²) in [5, 5.41) is 15.6. The van der Waals surface area contributed by atoms with E-state index < -0.39 is 0 Å². The van der Waals surface area contributed by atoms with Gasteiger partial charge in [0.05, 0.1) is 22.7 Å². The molecule has 0 spiro atoms. The Morgan fingerprint density at radius 2 is 1.97 bits per heavy atom. The highest BCUT2D eigenvalue weighted by molar-refractivity contribution is 7.98. The maximum Gasteiger partial charge on any atom is 0.263 e. The van der Waals surface area contributed by atoms with Gasteiger partial charge in [0.25, 0.3) is 5.91 Å². The Labute approximate surface area is 225 Å². The van der Waals surface area contributed by atoms with Crippen LogP contribution in [0, 0.1) is 12.3 Å². The third-order valence-corrected chi connectivity index (χ3v) is 7.60. The second kappa shape index (κ2) is 10.8. The number of hydrogen-bond acceptors (Lipinski definition) is 7. The molecule has 8 heteroatoms. The molecule has 1 atom stereocenters. The summed E-state index contributed by atoms with van der Waals surface area (Å²) in [5.74, 6) is 0.301. The maximum atomic E-state index is 13.2. The zero-order valence-electron chi connectivity index (χ0n) is 21.6. The van der Waals surface area contributed by atoms with E-state index in [0.29, 0.717) is 50.1 Å². The van der Waals surface area contributed by atoms with Crippen LogP contribution in [-0.4, -0.2) is 23.9 Å². The summed E-state index contributed by atoms with van der Waals surface area (Å²) in [7, 11) is 1.78. The minimum absolute atomic E-state index is 0.132. The normalized spacial score (nSPS) is 16.9. The predicted octanol–water partition coefficient (Wildman–Crippen LogP) is 5.89. The van der Waals surface area contributed by atoms with Gasteiger partial charge < -0.3 is 20.5 Å². The van der Waals surface area contributed by atoms with Crippen LogP contribution in [0.3, 0.4) is 0 Å². The first-order valence-electron chi connectivity index (χ1n) is 12.6. The lowest BCUT2D eigenvalue weighted by Crippen LogP contribution is -2.19. The third-order valence-electron chi connectivity index (χ3n) is 6.49. The van der Waals surface area contributed by atoms with E-state index in [1.807, 2.05) is 50.3 Å². The summed E-state index contributed by atoms with van der Waals surface area (Å²) in [4.78, 5) is 26.1. The molecule has 2 aliphatic rings. The first-order chi connectivity index (χ1) is 18.3. The molecule has 0 saturated heterocycles. The van der Waals surface area contributed by atoms with E-state index in [0.717, 1.165) is 24.0 Å². The van der Waals surface area contributed by atoms with Crippen LogP contribution in [0.5, 0.6) is 0 Å². The SMILES string of the molecule is CN/C=C1/C=C(c2cc(=O)c3cc(C)cc(C(C)Nc4ccccc4C(=O)NSC4CC4)c3o2)C=CC1=N. The number of benzene rings is 2. The predicted molar refractivity (Wildman–Crippen MR) is 156 cm³/mol. The Balaban J connectivity index is 1.51. The molecular weight excluding hydrogens is 496 g/mol. The summed E-state index contributed by atoms with van der Waals surface area (Å²) < 4.78 is 9.34. The second-order valence-corrected chi connectivity index (χ2v) is 10.7. The first-order valence-corrected chi connectivity index (χ1v) is 13.5. The van der Waals surface area contributed by atoms with Gasteiger partial charge in [-0.05, 0) is 80.6 Å². The summed E-state index contributed by atoms with van der Waals surface area (Å²) in [5.41, 5.74) is 5.18. The standard InChI is InChI=1S/C30H30N4O3S/c1-17-12-23(18(2)33-26-7-5-4-6-22(26)30(36)34-38-21-9-10-21)29-24(13-17)27(35)15-28(37-29)19-8-11-25(31)20(14-19)16-32-3/h4-8,11-16,18,21,31-33H,9-10H2,1-3H3,(H,34,36)/b20-16-,31-25?. The highest BCUT2D eigenvalue weighted by atomic mass is 32.2. The van der Waals surface area contributed by atoms with E-state index >= 15 is 0 Å². The maximum absolute atomic E-state index is 13.2. The average Bonchev–Trinajstić information content (AvgIpc) is 3.73. The monoisotopic (exact) mass is 526 g/mol. The van der Waals surface area contributed by atoms with E-state index in [1.165, 1.54) is 18.0 Å². The van der Waals surface area contributed by atoms with E-state index in [-0.39, 0.29) is 17.4 Å². The number of carbonyl (C=O) groups excluding carboxylic acids is 1. The van der Waals surface area contributed by atoms with Crippen molar-refractivity contribution in [3.05, 3.63) is 105 Å². The van der Waals surface area contributed by atoms with E-state index in [2.05, 4.69) is 15.4 Å². The molecule has 0 bridgehead atoms. The first kappa shape index (κ1) is 25.6. The molecule has 1 saturated carbocycles. The van der Waals surface area contributed by atoms with Crippen molar-refractivity contribution in [3.63, 3.8) is 0 Å². The molecule has 2 aliphatic carbocycles. The highest BCUT2D eigenvalue weighted by Gasteiger charge is 2.24. The van der Waals surface area contributed by atoms with Crippen molar-refractivity contribution in [2.75, 3.05) is 12.4 Å². The average molecular weight is 527 g/mol. The van der Waals surface area contributed by atoms with Gasteiger partial charge in [-0.25, -0.2) is 0 Å². The summed E-state index contributed by atoms with van der Waals surface area (Å²) >= 11 is 1.48. The molecule has 0 radical (unpaired) electrons. The van der Waals surface area contributed by atoms with E-state index in [9.17, 15) is 9.59 Å². The van der Waals surface area contributed by atoms with Crippen LogP contribution in [0.4, 0.5) is 5.69 Å². The summed E-state index contributed by atoms with van der Waals surface area (Å²) in [6.07, 6.45) is 9.31. The molecule has 1 aromatic heterocycles. The van der Waals surface area contributed by atoms with Crippen molar-refractivity contribution in [2.24, 2.45) is 0 Å². The Morgan fingerprint density at radius 3 is 2.74 bits per heavy atom. The van der Waals surface area contributed by atoms with Gasteiger partial charge in [0.1, 0.15) is 11.3 Å². The van der Waals surface area contributed by atoms with Gasteiger partial charge >= 0.3 is 0 Å². The largest absolute Gasteiger partial charge is 0.455 e. The third kappa shape index (κ3) is 5.45. The highest BCUT2D eigenvalue weighted by Crippen LogP contribution is 2.33. The zero-order chi connectivity index (χ0) is 26.8. The molecule has 4 N–H and O–H groups in total. The smallest absolute Gasteiger partial charge is 0.263 e. The van der Waals surface area contributed by atoms with Gasteiger partial charge in [0.15, 0.2) is 5.43 Å². The number of carbonyl (C=O) groups is 1. The number of hydrogen-bond donors (Lipinski definition) is 4. The summed E-state index contributed by atoms with van der Waals surface area (Å²) in [6.45, 7) is 3.94. The van der Waals surface area contributed by atoms with Crippen LogP contribution < -0.4 is 20.8 Å². The van der Waals surface area contributed by atoms with Crippen LogP contribution in [0.1, 0.15) is 53.1 Å². The molecule has 2 aromatic carbocycles. The molecule has 7 nitrogen and oxygen atoms in total. The minimum atomic E-state index is -0.260. The number of para-hydroxylation sites is 1. The van der Waals surface area contributed by atoms with Gasteiger partial charge in [-0.2, -0.15) is 0 Å². The van der Waals surface area contributed by atoms with Crippen LogP contribution in [0.15, 0.2) is 81.7 Å².